The molecule has 0 atom stereocenters. The fourth-order valence-electron chi connectivity index (χ4n) is 2.88. The maximum absolute atomic E-state index is 12.4. The van der Waals surface area contributed by atoms with E-state index in [0.29, 0.717) is 38.6 Å². The highest BCUT2D eigenvalue weighted by atomic mass is 35.5. The van der Waals surface area contributed by atoms with Crippen LogP contribution in [0.4, 0.5) is 0 Å². The summed E-state index contributed by atoms with van der Waals surface area (Å²) >= 11 is 12.2. The van der Waals surface area contributed by atoms with Gasteiger partial charge in [-0.05, 0) is 48.0 Å². The smallest absolute Gasteiger partial charge is 0.262 e. The number of benzene rings is 2. The van der Waals surface area contributed by atoms with E-state index in [2.05, 4.69) is 5.32 Å². The van der Waals surface area contributed by atoms with Gasteiger partial charge in [-0.1, -0.05) is 29.3 Å². The first-order valence-corrected chi connectivity index (χ1v) is 9.63. The SMILES string of the molecule is N#C/C(=C\c1ccc(-c2cc(Cl)ccc2Cl)o1)C(=O)NCc1ccc2c(c1)OCO2. The van der Waals surface area contributed by atoms with Crippen molar-refractivity contribution in [3.63, 3.8) is 0 Å². The quantitative estimate of drug-likeness (QED) is 0.434. The summed E-state index contributed by atoms with van der Waals surface area (Å²) in [5, 5.41) is 13.1. The highest BCUT2D eigenvalue weighted by Gasteiger charge is 2.15. The Morgan fingerprint density at radius 3 is 2.77 bits per heavy atom. The molecule has 4 rings (SSSR count). The van der Waals surface area contributed by atoms with Crippen LogP contribution in [-0.2, 0) is 11.3 Å². The van der Waals surface area contributed by atoms with Crippen molar-refractivity contribution in [1.29, 1.82) is 5.26 Å². The standard InChI is InChI=1S/C22H14Cl2N2O4/c23-15-2-4-18(24)17(9-15)19-6-3-16(30-19)8-14(10-25)22(27)26-11-13-1-5-20-21(7-13)29-12-28-20/h1-9H,11-12H2,(H,26,27)/b14-8+. The van der Waals surface area contributed by atoms with Gasteiger partial charge in [0.05, 0.1) is 5.02 Å². The van der Waals surface area contributed by atoms with E-state index in [1.807, 2.05) is 12.1 Å². The summed E-state index contributed by atoms with van der Waals surface area (Å²) in [7, 11) is 0. The number of fused-ring (bicyclic) bond motifs is 1. The Balaban J connectivity index is 1.47. The molecule has 1 amide bonds. The zero-order valence-corrected chi connectivity index (χ0v) is 17.0. The summed E-state index contributed by atoms with van der Waals surface area (Å²) in [6.45, 7) is 0.411. The number of hydrogen-bond donors (Lipinski definition) is 1. The Bertz CT molecular complexity index is 1190. The molecule has 1 N–H and O–H groups in total. The zero-order chi connectivity index (χ0) is 21.1. The number of halogens is 2. The van der Waals surface area contributed by atoms with Crippen LogP contribution < -0.4 is 14.8 Å². The van der Waals surface area contributed by atoms with E-state index in [1.54, 1.807) is 42.5 Å². The number of furan rings is 1. The number of ether oxygens (including phenoxy) is 2. The lowest BCUT2D eigenvalue weighted by Gasteiger charge is -2.05. The maximum atomic E-state index is 12.4. The van der Waals surface area contributed by atoms with Gasteiger partial charge < -0.3 is 19.2 Å². The number of rotatable bonds is 5. The molecule has 0 saturated carbocycles. The first-order valence-electron chi connectivity index (χ1n) is 8.87. The molecule has 30 heavy (non-hydrogen) atoms. The van der Waals surface area contributed by atoms with E-state index in [1.165, 1.54) is 6.08 Å². The lowest BCUT2D eigenvalue weighted by atomic mass is 10.1. The Morgan fingerprint density at radius 1 is 1.10 bits per heavy atom. The molecular formula is C22H14Cl2N2O4. The second kappa shape index (κ2) is 8.54. The van der Waals surface area contributed by atoms with Gasteiger partial charge in [0.1, 0.15) is 23.2 Å². The number of nitrogens with one attached hydrogen (secondary N) is 1. The number of hydrogen-bond acceptors (Lipinski definition) is 5. The summed E-state index contributed by atoms with van der Waals surface area (Å²) in [6, 6.07) is 15.6. The number of amides is 1. The summed E-state index contributed by atoms with van der Waals surface area (Å²) in [6.07, 6.45) is 1.37. The van der Waals surface area contributed by atoms with Gasteiger partial charge in [-0.25, -0.2) is 0 Å². The maximum Gasteiger partial charge on any atom is 0.262 e. The predicted octanol–water partition coefficient (Wildman–Crippen LogP) is 5.21. The van der Waals surface area contributed by atoms with E-state index in [9.17, 15) is 10.1 Å². The average molecular weight is 441 g/mol. The molecular weight excluding hydrogens is 427 g/mol. The molecule has 150 valence electrons. The fourth-order valence-corrected chi connectivity index (χ4v) is 3.26. The van der Waals surface area contributed by atoms with Crippen molar-refractivity contribution in [2.24, 2.45) is 0 Å². The van der Waals surface area contributed by atoms with E-state index in [4.69, 9.17) is 37.1 Å². The predicted molar refractivity (Wildman–Crippen MR) is 112 cm³/mol. The highest BCUT2D eigenvalue weighted by Crippen LogP contribution is 2.33. The Labute approximate surface area is 182 Å². The van der Waals surface area contributed by atoms with Crippen molar-refractivity contribution in [2.75, 3.05) is 6.79 Å². The van der Waals surface area contributed by atoms with Gasteiger partial charge in [-0.3, -0.25) is 4.79 Å². The molecule has 0 bridgehead atoms. The van der Waals surface area contributed by atoms with Crippen LogP contribution in [0.15, 0.2) is 58.5 Å². The minimum Gasteiger partial charge on any atom is -0.457 e. The molecule has 8 heteroatoms. The lowest BCUT2D eigenvalue weighted by molar-refractivity contribution is -0.117. The van der Waals surface area contributed by atoms with E-state index >= 15 is 0 Å². The largest absolute Gasteiger partial charge is 0.457 e. The molecule has 0 aliphatic carbocycles. The van der Waals surface area contributed by atoms with Crippen LogP contribution in [-0.4, -0.2) is 12.7 Å². The summed E-state index contributed by atoms with van der Waals surface area (Å²) in [5.74, 6) is 1.59. The molecule has 0 saturated heterocycles. The van der Waals surface area contributed by atoms with E-state index in [-0.39, 0.29) is 18.9 Å². The van der Waals surface area contributed by atoms with Crippen LogP contribution in [0, 0.1) is 11.3 Å². The van der Waals surface area contributed by atoms with Gasteiger partial charge in [0.15, 0.2) is 11.5 Å². The van der Waals surface area contributed by atoms with E-state index in [0.717, 1.165) is 5.56 Å². The van der Waals surface area contributed by atoms with Crippen LogP contribution >= 0.6 is 23.2 Å². The van der Waals surface area contributed by atoms with Crippen LogP contribution in [0.1, 0.15) is 11.3 Å². The van der Waals surface area contributed by atoms with Gasteiger partial charge in [-0.2, -0.15) is 5.26 Å². The van der Waals surface area contributed by atoms with Crippen LogP contribution in [0.3, 0.4) is 0 Å². The molecule has 0 spiro atoms. The number of carbonyl (C=O) groups is 1. The van der Waals surface area contributed by atoms with Crippen molar-refractivity contribution >= 4 is 35.2 Å². The van der Waals surface area contributed by atoms with E-state index < -0.39 is 5.91 Å². The lowest BCUT2D eigenvalue weighted by Crippen LogP contribution is -2.23. The molecule has 1 aliphatic rings. The minimum atomic E-state index is -0.520. The molecule has 2 heterocycles. The summed E-state index contributed by atoms with van der Waals surface area (Å²) < 4.78 is 16.3. The number of nitrogens with zero attached hydrogens (tertiary/aromatic N) is 1. The first kappa shape index (κ1) is 19.9. The Morgan fingerprint density at radius 2 is 1.93 bits per heavy atom. The normalized spacial score (nSPS) is 12.5. The summed E-state index contributed by atoms with van der Waals surface area (Å²) in [4.78, 5) is 12.4. The third kappa shape index (κ3) is 4.28. The molecule has 0 radical (unpaired) electrons. The second-order valence-electron chi connectivity index (χ2n) is 6.37. The van der Waals surface area contributed by atoms with Gasteiger partial charge in [0.25, 0.3) is 5.91 Å². The molecule has 0 unspecified atom stereocenters. The molecule has 1 aliphatic heterocycles. The Kier molecular flexibility index (Phi) is 5.66. The topological polar surface area (TPSA) is 84.5 Å². The van der Waals surface area contributed by atoms with Crippen LogP contribution in [0.2, 0.25) is 10.0 Å². The van der Waals surface area contributed by atoms with Gasteiger partial charge in [0.2, 0.25) is 6.79 Å². The number of nitriles is 1. The molecule has 0 fully saturated rings. The minimum absolute atomic E-state index is 0.0890. The third-order valence-corrected chi connectivity index (χ3v) is 4.93. The molecule has 3 aromatic rings. The first-order chi connectivity index (χ1) is 14.5. The monoisotopic (exact) mass is 440 g/mol. The van der Waals surface area contributed by atoms with Crippen molar-refractivity contribution in [3.05, 3.63) is 75.5 Å². The molecule has 1 aromatic heterocycles. The molecule has 6 nitrogen and oxygen atoms in total. The Hall–Kier alpha value is -3.40. The highest BCUT2D eigenvalue weighted by molar-refractivity contribution is 6.35. The van der Waals surface area contributed by atoms with Crippen LogP contribution in [0.25, 0.3) is 17.4 Å². The van der Waals surface area contributed by atoms with Crippen molar-refractivity contribution in [1.82, 2.24) is 5.32 Å². The summed E-state index contributed by atoms with van der Waals surface area (Å²) in [5.41, 5.74) is 1.35. The second-order valence-corrected chi connectivity index (χ2v) is 7.21. The van der Waals surface area contributed by atoms with Gasteiger partial charge >= 0.3 is 0 Å². The third-order valence-electron chi connectivity index (χ3n) is 4.36. The van der Waals surface area contributed by atoms with Gasteiger partial charge in [-0.15, -0.1) is 0 Å². The van der Waals surface area contributed by atoms with Crippen molar-refractivity contribution < 1.29 is 18.7 Å². The van der Waals surface area contributed by atoms with Crippen LogP contribution in [0.5, 0.6) is 11.5 Å². The number of carbonyl (C=O) groups excluding carboxylic acids is 1. The molecule has 2 aromatic carbocycles. The average Bonchev–Trinajstić information content (AvgIpc) is 3.41. The van der Waals surface area contributed by atoms with Crippen molar-refractivity contribution in [2.45, 2.75) is 6.54 Å². The zero-order valence-electron chi connectivity index (χ0n) is 15.4. The van der Waals surface area contributed by atoms with Gasteiger partial charge in [0, 0.05) is 23.2 Å². The van der Waals surface area contributed by atoms with Crippen molar-refractivity contribution in [3.8, 4) is 28.9 Å². The fraction of sp³-hybridized carbons (Fsp3) is 0.0909.